The van der Waals surface area contributed by atoms with Crippen LogP contribution in [-0.4, -0.2) is 69.3 Å². The van der Waals surface area contributed by atoms with Gasteiger partial charge in [0.1, 0.15) is 0 Å². The zero-order chi connectivity index (χ0) is 15.1. The van der Waals surface area contributed by atoms with Crippen molar-refractivity contribution in [2.45, 2.75) is 27.2 Å². The number of nitrogens with one attached hydrogen (secondary N) is 1. The molecule has 1 N–H and O–H groups in total. The molecular weight excluding hydrogens is 276 g/mol. The Kier molecular flexibility index (Phi) is 14.6. The molecule has 0 aromatic rings. The van der Waals surface area contributed by atoms with Crippen molar-refractivity contribution < 1.29 is 14.2 Å². The summed E-state index contributed by atoms with van der Waals surface area (Å²) in [5.74, 6) is 0. The van der Waals surface area contributed by atoms with Crippen LogP contribution in [0, 0.1) is 0 Å². The van der Waals surface area contributed by atoms with Crippen molar-refractivity contribution in [1.29, 1.82) is 0 Å². The van der Waals surface area contributed by atoms with Crippen molar-refractivity contribution in [2.24, 2.45) is 0 Å². The summed E-state index contributed by atoms with van der Waals surface area (Å²) in [6.07, 6.45) is 0.957. The monoisotopic (exact) mass is 306 g/mol. The van der Waals surface area contributed by atoms with Crippen molar-refractivity contribution >= 4 is 17.3 Å². The molecule has 5 nitrogen and oxygen atoms in total. The molecular formula is C14H30N2O3S. The Labute approximate surface area is 128 Å². The van der Waals surface area contributed by atoms with Crippen LogP contribution < -0.4 is 5.32 Å². The van der Waals surface area contributed by atoms with Gasteiger partial charge in [-0.1, -0.05) is 0 Å². The van der Waals surface area contributed by atoms with Crippen molar-refractivity contribution in [3.63, 3.8) is 0 Å². The first-order valence-electron chi connectivity index (χ1n) is 7.52. The smallest absolute Gasteiger partial charge is 0.169 e. The van der Waals surface area contributed by atoms with Gasteiger partial charge in [0.25, 0.3) is 0 Å². The van der Waals surface area contributed by atoms with Crippen molar-refractivity contribution in [2.75, 3.05) is 59.3 Å². The molecule has 0 heterocycles. The van der Waals surface area contributed by atoms with E-state index in [1.807, 2.05) is 20.8 Å². The van der Waals surface area contributed by atoms with Crippen LogP contribution in [0.3, 0.4) is 0 Å². The molecule has 0 atom stereocenters. The van der Waals surface area contributed by atoms with E-state index in [4.69, 9.17) is 26.4 Å². The van der Waals surface area contributed by atoms with E-state index in [2.05, 4.69) is 10.2 Å². The molecule has 0 unspecified atom stereocenters. The molecule has 0 aromatic heterocycles. The molecule has 20 heavy (non-hydrogen) atoms. The largest absolute Gasteiger partial charge is 0.382 e. The lowest BCUT2D eigenvalue weighted by Gasteiger charge is -2.25. The number of hydrogen-bond donors (Lipinski definition) is 1. The van der Waals surface area contributed by atoms with E-state index in [0.717, 1.165) is 57.6 Å². The van der Waals surface area contributed by atoms with Gasteiger partial charge >= 0.3 is 0 Å². The minimum Gasteiger partial charge on any atom is -0.382 e. The SMILES string of the molecule is CCOCCCNC(=S)N(CCOCC)CCOCC. The van der Waals surface area contributed by atoms with Crippen molar-refractivity contribution in [3.05, 3.63) is 0 Å². The van der Waals surface area contributed by atoms with Gasteiger partial charge in [-0.3, -0.25) is 0 Å². The summed E-state index contributed by atoms with van der Waals surface area (Å²) in [4.78, 5) is 2.10. The Hall–Kier alpha value is -0.430. The van der Waals surface area contributed by atoms with E-state index < -0.39 is 0 Å². The minimum atomic E-state index is 0.684. The summed E-state index contributed by atoms with van der Waals surface area (Å²) in [6, 6.07) is 0. The fraction of sp³-hybridized carbons (Fsp3) is 0.929. The summed E-state index contributed by atoms with van der Waals surface area (Å²) >= 11 is 5.42. The van der Waals surface area contributed by atoms with Crippen LogP contribution in [0.2, 0.25) is 0 Å². The lowest BCUT2D eigenvalue weighted by Crippen LogP contribution is -2.43. The van der Waals surface area contributed by atoms with Gasteiger partial charge in [0.15, 0.2) is 5.11 Å². The standard InChI is InChI=1S/C14H30N2O3S/c1-4-17-11-7-8-15-14(20)16(9-12-18-5-2)10-13-19-6-3/h4-13H2,1-3H3,(H,15,20). The zero-order valence-corrected chi connectivity index (χ0v) is 14.0. The maximum absolute atomic E-state index is 5.42. The first-order chi connectivity index (χ1) is 9.76. The molecule has 0 bridgehead atoms. The van der Waals surface area contributed by atoms with Gasteiger partial charge in [-0.2, -0.15) is 0 Å². The number of ether oxygens (including phenoxy) is 3. The number of hydrogen-bond acceptors (Lipinski definition) is 4. The highest BCUT2D eigenvalue weighted by molar-refractivity contribution is 7.80. The molecule has 0 aliphatic carbocycles. The topological polar surface area (TPSA) is 43.0 Å². The van der Waals surface area contributed by atoms with Gasteiger partial charge in [0.05, 0.1) is 13.2 Å². The molecule has 120 valence electrons. The zero-order valence-electron chi connectivity index (χ0n) is 13.2. The van der Waals surface area contributed by atoms with Crippen LogP contribution >= 0.6 is 12.2 Å². The molecule has 0 saturated heterocycles. The summed E-state index contributed by atoms with van der Waals surface area (Å²) in [5, 5.41) is 4.03. The third-order valence-electron chi connectivity index (χ3n) is 2.65. The Balaban J connectivity index is 3.91. The van der Waals surface area contributed by atoms with E-state index in [1.165, 1.54) is 0 Å². The number of rotatable bonds is 13. The predicted molar refractivity (Wildman–Crippen MR) is 86.3 cm³/mol. The maximum Gasteiger partial charge on any atom is 0.169 e. The molecule has 0 rings (SSSR count). The molecule has 0 fully saturated rings. The highest BCUT2D eigenvalue weighted by Gasteiger charge is 2.08. The van der Waals surface area contributed by atoms with E-state index in [-0.39, 0.29) is 0 Å². The Morgan fingerprint density at radius 3 is 1.90 bits per heavy atom. The molecule has 0 aliphatic heterocycles. The Morgan fingerprint density at radius 1 is 0.900 bits per heavy atom. The fourth-order valence-corrected chi connectivity index (χ4v) is 1.86. The highest BCUT2D eigenvalue weighted by atomic mass is 32.1. The van der Waals surface area contributed by atoms with Crippen molar-refractivity contribution in [1.82, 2.24) is 10.2 Å². The molecule has 6 heteroatoms. The second-order valence-electron chi connectivity index (χ2n) is 4.16. The number of nitrogens with zero attached hydrogens (tertiary/aromatic N) is 1. The third-order valence-corrected chi connectivity index (χ3v) is 3.05. The fourth-order valence-electron chi connectivity index (χ4n) is 1.58. The Bertz CT molecular complexity index is 220. The van der Waals surface area contributed by atoms with Crippen molar-refractivity contribution in [3.8, 4) is 0 Å². The molecule has 0 aliphatic rings. The lowest BCUT2D eigenvalue weighted by atomic mass is 10.4. The van der Waals surface area contributed by atoms with Gasteiger partial charge in [0, 0.05) is 46.1 Å². The first kappa shape index (κ1) is 19.6. The maximum atomic E-state index is 5.42. The van der Waals surface area contributed by atoms with Gasteiger partial charge in [-0.05, 0) is 39.4 Å². The summed E-state index contributed by atoms with van der Waals surface area (Å²) in [7, 11) is 0. The van der Waals surface area contributed by atoms with Crippen LogP contribution in [0.5, 0.6) is 0 Å². The average molecular weight is 306 g/mol. The Morgan fingerprint density at radius 2 is 1.40 bits per heavy atom. The minimum absolute atomic E-state index is 0.684. The molecule has 0 aromatic carbocycles. The van der Waals surface area contributed by atoms with E-state index in [1.54, 1.807) is 0 Å². The third kappa shape index (κ3) is 11.4. The molecule has 0 spiro atoms. The first-order valence-corrected chi connectivity index (χ1v) is 7.93. The van der Waals surface area contributed by atoms with E-state index in [9.17, 15) is 0 Å². The predicted octanol–water partition coefficient (Wildman–Crippen LogP) is 1.66. The quantitative estimate of drug-likeness (QED) is 0.412. The van der Waals surface area contributed by atoms with E-state index in [0.29, 0.717) is 13.2 Å². The summed E-state index contributed by atoms with van der Waals surface area (Å²) in [6.45, 7) is 12.8. The van der Waals surface area contributed by atoms with Gasteiger partial charge in [-0.25, -0.2) is 0 Å². The van der Waals surface area contributed by atoms with Crippen LogP contribution in [0.1, 0.15) is 27.2 Å². The lowest BCUT2D eigenvalue weighted by molar-refractivity contribution is 0.106. The van der Waals surface area contributed by atoms with Crippen LogP contribution in [0.25, 0.3) is 0 Å². The van der Waals surface area contributed by atoms with Crippen LogP contribution in [-0.2, 0) is 14.2 Å². The van der Waals surface area contributed by atoms with Crippen LogP contribution in [0.4, 0.5) is 0 Å². The molecule has 0 amide bonds. The summed E-state index contributed by atoms with van der Waals surface area (Å²) < 4.78 is 16.1. The van der Waals surface area contributed by atoms with E-state index >= 15 is 0 Å². The number of thiocarbonyl (C=S) groups is 1. The molecule has 0 saturated carbocycles. The van der Waals surface area contributed by atoms with Gasteiger partial charge in [0.2, 0.25) is 0 Å². The normalized spacial score (nSPS) is 10.6. The second-order valence-corrected chi connectivity index (χ2v) is 4.55. The average Bonchev–Trinajstić information content (AvgIpc) is 2.45. The van der Waals surface area contributed by atoms with Gasteiger partial charge in [-0.15, -0.1) is 0 Å². The molecule has 0 radical (unpaired) electrons. The highest BCUT2D eigenvalue weighted by Crippen LogP contribution is 1.93. The second kappa shape index (κ2) is 15.0. The summed E-state index contributed by atoms with van der Waals surface area (Å²) in [5.41, 5.74) is 0. The van der Waals surface area contributed by atoms with Gasteiger partial charge < -0.3 is 24.4 Å². The van der Waals surface area contributed by atoms with Crippen LogP contribution in [0.15, 0.2) is 0 Å².